The molecule has 346 valence electrons. The van der Waals surface area contributed by atoms with Crippen LogP contribution in [0.5, 0.6) is 11.5 Å². The van der Waals surface area contributed by atoms with Crippen LogP contribution in [0.2, 0.25) is 0 Å². The van der Waals surface area contributed by atoms with Crippen molar-refractivity contribution in [3.63, 3.8) is 0 Å². The number of nitrogens with one attached hydrogen (secondary N) is 2. The molecule has 6 aromatic rings. The fraction of sp³-hybridized carbons (Fsp3) is 0.388. The number of fused-ring (bicyclic) bond motifs is 2. The summed E-state index contributed by atoms with van der Waals surface area (Å²) in [5, 5.41) is 19.8. The number of nitrogens with zero attached hydrogens (tertiary/aromatic N) is 9. The average Bonchev–Trinajstić information content (AvgIpc) is 4.05. The van der Waals surface area contributed by atoms with E-state index in [1.165, 1.54) is 6.33 Å². The molecule has 2 atom stereocenters. The number of carbonyl (C=O) groups is 5. The van der Waals surface area contributed by atoms with Crippen molar-refractivity contribution in [1.82, 2.24) is 49.9 Å². The first-order valence-electron chi connectivity index (χ1n) is 23.3. The summed E-state index contributed by atoms with van der Waals surface area (Å²) in [5.74, 6) is -0.389. The third kappa shape index (κ3) is 9.88. The van der Waals surface area contributed by atoms with Gasteiger partial charge in [-0.1, -0.05) is 74.4 Å². The number of anilines is 2. The summed E-state index contributed by atoms with van der Waals surface area (Å²) in [4.78, 5) is 75.9. The molecular formula is C49H54N12O6. The van der Waals surface area contributed by atoms with E-state index in [1.807, 2.05) is 64.2 Å². The molecule has 6 heterocycles. The van der Waals surface area contributed by atoms with Gasteiger partial charge in [-0.3, -0.25) is 38.9 Å². The van der Waals surface area contributed by atoms with E-state index in [1.54, 1.807) is 29.1 Å². The van der Waals surface area contributed by atoms with Crippen molar-refractivity contribution in [3.8, 4) is 22.8 Å². The number of piperidine rings is 2. The third-order valence-corrected chi connectivity index (χ3v) is 12.8. The van der Waals surface area contributed by atoms with Gasteiger partial charge in [-0.05, 0) is 80.6 Å². The second-order valence-electron chi connectivity index (χ2n) is 17.4. The van der Waals surface area contributed by atoms with E-state index in [4.69, 9.17) is 15.6 Å². The van der Waals surface area contributed by atoms with Crippen LogP contribution in [0.15, 0.2) is 85.3 Å². The molecule has 18 heteroatoms. The molecule has 0 saturated carbocycles. The number of likely N-dealkylation sites (tertiary alicyclic amines) is 1. The first kappa shape index (κ1) is 44.7. The zero-order valence-corrected chi connectivity index (χ0v) is 37.3. The molecule has 0 aliphatic carbocycles. The molecule has 3 aliphatic rings. The Morgan fingerprint density at radius 3 is 2.34 bits per heavy atom. The summed E-state index contributed by atoms with van der Waals surface area (Å²) >= 11 is 0. The standard InChI is InChI=1S/C49H54N12O6/c50-44-42-43(32-20-22-35(23-21-32)67-34-16-9-8-10-17-34)56-61(45(42)53-31-52-44)33-15-14-27-58(29-33)48(65)38-30-59(57-55-38)28-12-7-5-3-1-2-4-6-11-26-51-37-19-13-18-36-41(37)49(66)60(47(36)64)39-24-25-40(62)54-46(39)63/h8-10,13,16-23,30-31,33,39,51H,1-7,11-12,14-15,24-29H2,(H2,50,52,53)(H,54,62,63). The minimum Gasteiger partial charge on any atom is -0.457 e. The SMILES string of the molecule is Nc1ncnc2c1c(-c1ccc(Oc3ccccc3)cc1)nn2C1CCCN(C(=O)c2cn(CCCCCCCCCCCNc3cccc4c3C(=O)N(C3CCC(=O)NC3=O)C4=O)nn2)C1. The number of nitrogen functional groups attached to an aromatic ring is 1. The van der Waals surface area contributed by atoms with Crippen LogP contribution in [-0.2, 0) is 16.1 Å². The number of rotatable bonds is 19. The van der Waals surface area contributed by atoms with E-state index >= 15 is 0 Å². The Labute approximate surface area is 387 Å². The maximum absolute atomic E-state index is 13.7. The van der Waals surface area contributed by atoms with Gasteiger partial charge < -0.3 is 20.7 Å². The molecule has 0 radical (unpaired) electrons. The average molecular weight is 907 g/mol. The van der Waals surface area contributed by atoms with Crippen LogP contribution in [0.3, 0.4) is 0 Å². The summed E-state index contributed by atoms with van der Waals surface area (Å²) in [6.45, 7) is 2.41. The van der Waals surface area contributed by atoms with Gasteiger partial charge in [-0.25, -0.2) is 14.6 Å². The smallest absolute Gasteiger partial charge is 0.276 e. The molecule has 5 amide bonds. The Bertz CT molecular complexity index is 2770. The van der Waals surface area contributed by atoms with E-state index in [0.717, 1.165) is 86.8 Å². The van der Waals surface area contributed by atoms with Crippen LogP contribution in [0.25, 0.3) is 22.3 Å². The Morgan fingerprint density at radius 2 is 1.57 bits per heavy atom. The molecular weight excluding hydrogens is 853 g/mol. The number of amides is 5. The fourth-order valence-electron chi connectivity index (χ4n) is 9.29. The lowest BCUT2D eigenvalue weighted by atomic mass is 10.0. The van der Waals surface area contributed by atoms with Crippen molar-refractivity contribution in [3.05, 3.63) is 102 Å². The van der Waals surface area contributed by atoms with E-state index < -0.39 is 29.7 Å². The predicted octanol–water partition coefficient (Wildman–Crippen LogP) is 6.96. The van der Waals surface area contributed by atoms with Gasteiger partial charge in [-0.15, -0.1) is 5.10 Å². The van der Waals surface area contributed by atoms with Crippen LogP contribution in [0.4, 0.5) is 11.5 Å². The second-order valence-corrected chi connectivity index (χ2v) is 17.4. The van der Waals surface area contributed by atoms with Gasteiger partial charge in [0.05, 0.1) is 28.8 Å². The fourth-order valence-corrected chi connectivity index (χ4v) is 9.29. The van der Waals surface area contributed by atoms with Crippen molar-refractivity contribution in [1.29, 1.82) is 0 Å². The van der Waals surface area contributed by atoms with E-state index in [9.17, 15) is 24.0 Å². The normalized spacial score (nSPS) is 17.3. The van der Waals surface area contributed by atoms with Crippen molar-refractivity contribution in [2.24, 2.45) is 0 Å². The first-order valence-corrected chi connectivity index (χ1v) is 23.3. The van der Waals surface area contributed by atoms with E-state index in [0.29, 0.717) is 65.9 Å². The van der Waals surface area contributed by atoms with Crippen molar-refractivity contribution >= 4 is 52.1 Å². The zero-order valence-electron chi connectivity index (χ0n) is 37.3. The van der Waals surface area contributed by atoms with Gasteiger partial charge in [-0.2, -0.15) is 5.10 Å². The maximum atomic E-state index is 13.7. The molecule has 4 N–H and O–H groups in total. The summed E-state index contributed by atoms with van der Waals surface area (Å²) < 4.78 is 9.64. The lowest BCUT2D eigenvalue weighted by molar-refractivity contribution is -0.136. The van der Waals surface area contributed by atoms with Gasteiger partial charge in [0.1, 0.15) is 35.4 Å². The van der Waals surface area contributed by atoms with Gasteiger partial charge in [0.2, 0.25) is 11.8 Å². The summed E-state index contributed by atoms with van der Waals surface area (Å²) in [7, 11) is 0. The van der Waals surface area contributed by atoms with Crippen molar-refractivity contribution in [2.75, 3.05) is 30.7 Å². The molecule has 18 nitrogen and oxygen atoms in total. The highest BCUT2D eigenvalue weighted by molar-refractivity contribution is 6.25. The number of imide groups is 2. The predicted molar refractivity (Wildman–Crippen MR) is 249 cm³/mol. The molecule has 3 aromatic carbocycles. The van der Waals surface area contributed by atoms with Gasteiger partial charge >= 0.3 is 0 Å². The number of ether oxygens (including phenoxy) is 1. The topological polar surface area (TPSA) is 225 Å². The number of unbranched alkanes of at least 4 members (excludes halogenated alkanes) is 8. The Hall–Kier alpha value is -7.50. The van der Waals surface area contributed by atoms with Crippen LogP contribution in [0, 0.1) is 0 Å². The molecule has 0 spiro atoms. The highest BCUT2D eigenvalue weighted by Gasteiger charge is 2.45. The Morgan fingerprint density at radius 1 is 0.821 bits per heavy atom. The molecule has 9 rings (SSSR count). The summed E-state index contributed by atoms with van der Waals surface area (Å²) in [6, 6.07) is 21.3. The van der Waals surface area contributed by atoms with Crippen LogP contribution in [0.1, 0.15) is 121 Å². The molecule has 2 unspecified atom stereocenters. The Balaban J connectivity index is 0.681. The summed E-state index contributed by atoms with van der Waals surface area (Å²) in [6.07, 6.45) is 14.6. The van der Waals surface area contributed by atoms with Gasteiger partial charge in [0, 0.05) is 43.9 Å². The van der Waals surface area contributed by atoms with Crippen LogP contribution in [-0.4, -0.2) is 99.8 Å². The van der Waals surface area contributed by atoms with Gasteiger partial charge in [0.25, 0.3) is 17.7 Å². The molecule has 3 aliphatic heterocycles. The minimum absolute atomic E-state index is 0.0843. The quantitative estimate of drug-likeness (QED) is 0.0553. The number of benzene rings is 3. The number of aromatic nitrogens is 7. The molecule has 0 bridgehead atoms. The highest BCUT2D eigenvalue weighted by atomic mass is 16.5. The number of para-hydroxylation sites is 1. The van der Waals surface area contributed by atoms with Crippen molar-refractivity contribution in [2.45, 2.75) is 102 Å². The maximum Gasteiger partial charge on any atom is 0.276 e. The molecule has 67 heavy (non-hydrogen) atoms. The zero-order chi connectivity index (χ0) is 46.3. The first-order chi connectivity index (χ1) is 32.7. The van der Waals surface area contributed by atoms with Gasteiger partial charge in [0.15, 0.2) is 11.3 Å². The Kier molecular flexibility index (Phi) is 13.6. The number of hydrogen-bond acceptors (Lipinski definition) is 13. The summed E-state index contributed by atoms with van der Waals surface area (Å²) in [5.41, 5.74) is 10.0. The second kappa shape index (κ2) is 20.3. The van der Waals surface area contributed by atoms with Crippen LogP contribution >= 0.6 is 0 Å². The lowest BCUT2D eigenvalue weighted by Crippen LogP contribution is -2.54. The number of hydrogen-bond donors (Lipinski definition) is 3. The van der Waals surface area contributed by atoms with E-state index in [2.05, 4.69) is 30.9 Å². The van der Waals surface area contributed by atoms with Crippen molar-refractivity contribution < 1.29 is 28.7 Å². The minimum atomic E-state index is -0.984. The molecule has 2 fully saturated rings. The monoisotopic (exact) mass is 906 g/mol. The molecule has 2 saturated heterocycles. The number of carbonyl (C=O) groups excluding carboxylic acids is 5. The lowest BCUT2D eigenvalue weighted by Gasteiger charge is -2.32. The largest absolute Gasteiger partial charge is 0.457 e. The third-order valence-electron chi connectivity index (χ3n) is 12.8. The highest BCUT2D eigenvalue weighted by Crippen LogP contribution is 2.36. The number of aryl methyl sites for hydroxylation is 1. The van der Waals surface area contributed by atoms with E-state index in [-0.39, 0.29) is 35.9 Å². The molecule has 3 aromatic heterocycles. The number of nitrogens with two attached hydrogens (primary N) is 1. The van der Waals surface area contributed by atoms with Crippen LogP contribution < -0.4 is 21.1 Å².